The van der Waals surface area contributed by atoms with E-state index in [-0.39, 0.29) is 23.6 Å². The number of nitrogens with zero attached hydrogens (tertiary/aromatic N) is 2. The zero-order chi connectivity index (χ0) is 22.3. The predicted molar refractivity (Wildman–Crippen MR) is 126 cm³/mol. The first-order chi connectivity index (χ1) is 15.5. The second-order valence-electron chi connectivity index (χ2n) is 8.10. The number of carbonyl (C=O) groups is 4. The molecular weight excluding hydrogens is 444 g/mol. The minimum absolute atomic E-state index is 0.322. The monoisotopic (exact) mass is 462 g/mol. The zero-order valence-corrected chi connectivity index (χ0v) is 19.1. The van der Waals surface area contributed by atoms with Crippen molar-refractivity contribution in [2.45, 2.75) is 26.7 Å². The molecule has 0 fully saturated rings. The summed E-state index contributed by atoms with van der Waals surface area (Å²) in [6, 6.07) is 3.69. The molecule has 2 aromatic heterocycles. The SMILES string of the molecule is CCCN1C(=O)c2c3ccsc3c3c4c(c5ccsc5c(c24)C1=O)C(=O)N(CCC)C3=O. The van der Waals surface area contributed by atoms with Gasteiger partial charge in [-0.25, -0.2) is 0 Å². The van der Waals surface area contributed by atoms with Gasteiger partial charge in [-0.15, -0.1) is 22.7 Å². The first kappa shape index (κ1) is 19.6. The van der Waals surface area contributed by atoms with E-state index in [4.69, 9.17) is 0 Å². The first-order valence-electron chi connectivity index (χ1n) is 10.6. The minimum atomic E-state index is -0.350. The molecule has 4 heterocycles. The molecule has 0 bridgehead atoms. The number of benzene rings is 2. The van der Waals surface area contributed by atoms with Crippen LogP contribution in [0.4, 0.5) is 0 Å². The Kier molecular flexibility index (Phi) is 4.10. The lowest BCUT2D eigenvalue weighted by Crippen LogP contribution is -2.44. The van der Waals surface area contributed by atoms with Crippen molar-refractivity contribution in [3.8, 4) is 0 Å². The van der Waals surface area contributed by atoms with Crippen LogP contribution in [0.5, 0.6) is 0 Å². The molecule has 6 nitrogen and oxygen atoms in total. The smallest absolute Gasteiger partial charge is 0.262 e. The van der Waals surface area contributed by atoms with Crippen molar-refractivity contribution >= 4 is 77.2 Å². The molecule has 0 saturated heterocycles. The summed E-state index contributed by atoms with van der Waals surface area (Å²) in [6.07, 6.45) is 1.30. The number of rotatable bonds is 4. The summed E-state index contributed by atoms with van der Waals surface area (Å²) in [4.78, 5) is 57.0. The molecule has 2 aliphatic rings. The van der Waals surface area contributed by atoms with Crippen LogP contribution in [0.3, 0.4) is 0 Å². The number of fused-ring (bicyclic) bond motifs is 6. The van der Waals surface area contributed by atoms with E-state index in [9.17, 15) is 19.2 Å². The standard InChI is InChI=1S/C24H18N2O4S2/c1-3-7-25-21(27)13-11-5-9-32-20(11)18-16-14(22(28)26(8-4-2)24(18)30)12-6-10-31-19(12)17(15(13)16)23(25)29/h5-6,9-10H,3-4,7-8H2,1-2H3. The van der Waals surface area contributed by atoms with Gasteiger partial charge < -0.3 is 0 Å². The lowest BCUT2D eigenvalue weighted by molar-refractivity contribution is 0.0593. The third-order valence-corrected chi connectivity index (χ3v) is 8.17. The van der Waals surface area contributed by atoms with E-state index in [2.05, 4.69) is 0 Å². The van der Waals surface area contributed by atoms with Crippen LogP contribution in [-0.2, 0) is 0 Å². The summed E-state index contributed by atoms with van der Waals surface area (Å²) in [5.74, 6) is -1.39. The van der Waals surface area contributed by atoms with Crippen molar-refractivity contribution in [3.05, 3.63) is 45.1 Å². The Balaban J connectivity index is 1.90. The van der Waals surface area contributed by atoms with E-state index in [1.54, 1.807) is 0 Å². The molecule has 4 aromatic rings. The van der Waals surface area contributed by atoms with Crippen molar-refractivity contribution in [3.63, 3.8) is 0 Å². The average Bonchev–Trinajstić information content (AvgIpc) is 3.44. The highest BCUT2D eigenvalue weighted by Crippen LogP contribution is 2.48. The van der Waals surface area contributed by atoms with Crippen LogP contribution >= 0.6 is 22.7 Å². The molecule has 2 aliphatic heterocycles. The lowest BCUT2D eigenvalue weighted by Gasteiger charge is -2.33. The predicted octanol–water partition coefficient (Wildman–Crippen LogP) is 5.28. The fourth-order valence-electron chi connectivity index (χ4n) is 5.08. The maximum Gasteiger partial charge on any atom is 0.262 e. The normalized spacial score (nSPS) is 15.8. The summed E-state index contributed by atoms with van der Waals surface area (Å²) in [7, 11) is 0. The highest BCUT2D eigenvalue weighted by molar-refractivity contribution is 7.18. The van der Waals surface area contributed by atoms with Gasteiger partial charge in [0.05, 0.1) is 22.3 Å². The van der Waals surface area contributed by atoms with Crippen molar-refractivity contribution in [1.29, 1.82) is 0 Å². The zero-order valence-electron chi connectivity index (χ0n) is 17.5. The summed E-state index contributed by atoms with van der Waals surface area (Å²) in [5.41, 5.74) is 1.75. The van der Waals surface area contributed by atoms with Gasteiger partial charge in [0.15, 0.2) is 0 Å². The molecule has 0 radical (unpaired) electrons. The minimum Gasteiger partial charge on any atom is -0.274 e. The fourth-order valence-corrected chi connectivity index (χ4v) is 6.96. The topological polar surface area (TPSA) is 74.8 Å². The Labute approximate surface area is 191 Å². The Hall–Kier alpha value is -3.10. The van der Waals surface area contributed by atoms with E-state index in [1.807, 2.05) is 36.7 Å². The second kappa shape index (κ2) is 6.70. The van der Waals surface area contributed by atoms with Crippen molar-refractivity contribution in [2.24, 2.45) is 0 Å². The molecule has 32 heavy (non-hydrogen) atoms. The number of amides is 4. The van der Waals surface area contributed by atoms with Crippen molar-refractivity contribution < 1.29 is 19.2 Å². The quantitative estimate of drug-likeness (QED) is 0.387. The van der Waals surface area contributed by atoms with Gasteiger partial charge in [-0.05, 0) is 35.7 Å². The molecule has 160 valence electrons. The Morgan fingerprint density at radius 1 is 0.625 bits per heavy atom. The highest BCUT2D eigenvalue weighted by atomic mass is 32.1. The van der Waals surface area contributed by atoms with Crippen LogP contribution in [-0.4, -0.2) is 46.5 Å². The van der Waals surface area contributed by atoms with Gasteiger partial charge in [0.2, 0.25) is 0 Å². The Morgan fingerprint density at radius 2 is 1.00 bits per heavy atom. The van der Waals surface area contributed by atoms with E-state index < -0.39 is 0 Å². The van der Waals surface area contributed by atoms with E-state index in [0.29, 0.717) is 79.1 Å². The van der Waals surface area contributed by atoms with Gasteiger partial charge in [-0.1, -0.05) is 13.8 Å². The van der Waals surface area contributed by atoms with Crippen LogP contribution in [0.1, 0.15) is 68.1 Å². The number of carbonyl (C=O) groups excluding carboxylic acids is 4. The summed E-state index contributed by atoms with van der Waals surface area (Å²) < 4.78 is 1.40. The van der Waals surface area contributed by atoms with E-state index >= 15 is 0 Å². The summed E-state index contributed by atoms with van der Waals surface area (Å²) in [6.45, 7) is 4.50. The third-order valence-electron chi connectivity index (χ3n) is 6.30. The molecule has 2 aromatic carbocycles. The van der Waals surface area contributed by atoms with E-state index in [1.165, 1.54) is 32.5 Å². The van der Waals surface area contributed by atoms with Gasteiger partial charge in [-0.3, -0.25) is 29.0 Å². The van der Waals surface area contributed by atoms with Gasteiger partial charge in [0.25, 0.3) is 23.6 Å². The van der Waals surface area contributed by atoms with Crippen LogP contribution in [0.25, 0.3) is 30.9 Å². The largest absolute Gasteiger partial charge is 0.274 e. The number of hydrogen-bond donors (Lipinski definition) is 0. The Bertz CT molecular complexity index is 1330. The summed E-state index contributed by atoms with van der Waals surface area (Å²) >= 11 is 2.79. The van der Waals surface area contributed by atoms with Crippen LogP contribution < -0.4 is 0 Å². The molecule has 0 spiro atoms. The van der Waals surface area contributed by atoms with Gasteiger partial charge in [0.1, 0.15) is 0 Å². The molecular formula is C24H18N2O4S2. The Morgan fingerprint density at radius 3 is 1.38 bits per heavy atom. The number of hydrogen-bond acceptors (Lipinski definition) is 6. The summed E-state index contributed by atoms with van der Waals surface area (Å²) in [5, 5.41) is 6.02. The van der Waals surface area contributed by atoms with Crippen LogP contribution in [0.15, 0.2) is 22.9 Å². The van der Waals surface area contributed by atoms with Gasteiger partial charge in [-0.2, -0.15) is 0 Å². The van der Waals surface area contributed by atoms with E-state index in [0.717, 1.165) is 0 Å². The molecule has 0 atom stereocenters. The average molecular weight is 463 g/mol. The third kappa shape index (κ3) is 2.18. The molecule has 0 aliphatic carbocycles. The number of imide groups is 2. The van der Waals surface area contributed by atoms with Crippen LogP contribution in [0, 0.1) is 0 Å². The molecule has 8 heteroatoms. The number of thiophene rings is 2. The van der Waals surface area contributed by atoms with Gasteiger partial charge >= 0.3 is 0 Å². The fraction of sp³-hybridized carbons (Fsp3) is 0.250. The molecule has 6 rings (SSSR count). The maximum atomic E-state index is 13.6. The molecule has 0 unspecified atom stereocenters. The maximum absolute atomic E-state index is 13.6. The van der Waals surface area contributed by atoms with Crippen LogP contribution in [0.2, 0.25) is 0 Å². The lowest BCUT2D eigenvalue weighted by atomic mass is 9.82. The van der Waals surface area contributed by atoms with Gasteiger partial charge in [0, 0.05) is 44.0 Å². The van der Waals surface area contributed by atoms with Crippen molar-refractivity contribution in [1.82, 2.24) is 9.80 Å². The second-order valence-corrected chi connectivity index (χ2v) is 9.93. The molecule has 0 N–H and O–H groups in total. The highest BCUT2D eigenvalue weighted by Gasteiger charge is 2.43. The molecule has 0 saturated carbocycles. The van der Waals surface area contributed by atoms with Crippen molar-refractivity contribution in [2.75, 3.05) is 13.1 Å². The first-order valence-corrected chi connectivity index (χ1v) is 12.4. The molecule has 4 amide bonds.